The second-order valence-electron chi connectivity index (χ2n) is 11.9. The van der Waals surface area contributed by atoms with Crippen LogP contribution in [0.2, 0.25) is 0 Å². The molecule has 2 aromatic carbocycles. The lowest BCUT2D eigenvalue weighted by atomic mass is 9.81. The third kappa shape index (κ3) is 3.76. The standard InChI is InChI=1S/C30H36N2O3/c1-29(2,3)35-28(33)19-10-12-22-25(14-19)32-17-30(31)16-24(30)23-15-20(34-4)11-13-21(23)27(32)26(22)18-8-6-5-7-9-18/h10-15,18,24H,5-9,16-17,31H2,1-4H3. The maximum Gasteiger partial charge on any atom is 0.338 e. The van der Waals surface area contributed by atoms with Crippen molar-refractivity contribution in [3.05, 3.63) is 53.1 Å². The molecule has 2 saturated carbocycles. The predicted molar refractivity (Wildman–Crippen MR) is 139 cm³/mol. The third-order valence-electron chi connectivity index (χ3n) is 8.21. The van der Waals surface area contributed by atoms with Gasteiger partial charge in [-0.2, -0.15) is 0 Å². The molecule has 2 heterocycles. The lowest BCUT2D eigenvalue weighted by molar-refractivity contribution is 0.00696. The van der Waals surface area contributed by atoms with Crippen molar-refractivity contribution in [2.24, 2.45) is 5.73 Å². The highest BCUT2D eigenvalue weighted by Crippen LogP contribution is 2.58. The minimum atomic E-state index is -0.532. The first kappa shape index (κ1) is 22.7. The lowest BCUT2D eigenvalue weighted by Crippen LogP contribution is -2.29. The van der Waals surface area contributed by atoms with Crippen LogP contribution in [-0.2, 0) is 11.3 Å². The van der Waals surface area contributed by atoms with Crippen LogP contribution in [-0.4, -0.2) is 28.8 Å². The summed E-state index contributed by atoms with van der Waals surface area (Å²) in [5, 5.41) is 1.25. The molecule has 5 heteroatoms. The Morgan fingerprint density at radius 2 is 1.86 bits per heavy atom. The fraction of sp³-hybridized carbons (Fsp3) is 0.500. The molecule has 0 saturated heterocycles. The zero-order valence-corrected chi connectivity index (χ0v) is 21.3. The first-order valence-corrected chi connectivity index (χ1v) is 13.1. The molecule has 1 aromatic heterocycles. The van der Waals surface area contributed by atoms with Gasteiger partial charge in [-0.05, 0) is 87.4 Å². The summed E-state index contributed by atoms with van der Waals surface area (Å²) in [6.45, 7) is 6.48. The average molecular weight is 473 g/mol. The molecule has 6 rings (SSSR count). The highest BCUT2D eigenvalue weighted by atomic mass is 16.6. The Bertz CT molecular complexity index is 1330. The molecule has 0 bridgehead atoms. The Morgan fingerprint density at radius 1 is 1.09 bits per heavy atom. The van der Waals surface area contributed by atoms with Crippen LogP contribution in [0.3, 0.4) is 0 Å². The molecule has 184 valence electrons. The Kier molecular flexibility index (Phi) is 5.09. The van der Waals surface area contributed by atoms with Gasteiger partial charge in [0.05, 0.1) is 18.4 Å². The van der Waals surface area contributed by atoms with Crippen LogP contribution >= 0.6 is 0 Å². The highest BCUT2D eigenvalue weighted by Gasteiger charge is 2.55. The van der Waals surface area contributed by atoms with Gasteiger partial charge < -0.3 is 19.8 Å². The van der Waals surface area contributed by atoms with Crippen LogP contribution < -0.4 is 10.5 Å². The van der Waals surface area contributed by atoms with E-state index in [1.165, 1.54) is 59.9 Å². The van der Waals surface area contributed by atoms with Crippen LogP contribution in [0.1, 0.15) is 92.6 Å². The van der Waals surface area contributed by atoms with Gasteiger partial charge in [-0.25, -0.2) is 4.79 Å². The summed E-state index contributed by atoms with van der Waals surface area (Å²) < 4.78 is 13.7. The van der Waals surface area contributed by atoms with Crippen LogP contribution in [0.25, 0.3) is 22.2 Å². The highest BCUT2D eigenvalue weighted by molar-refractivity contribution is 5.99. The molecule has 5 nitrogen and oxygen atoms in total. The SMILES string of the molecule is COc1ccc2c(c1)C1CC1(N)Cn1c-2c(C2CCCCC2)c2ccc(C(=O)OC(C)(C)C)cc21. The summed E-state index contributed by atoms with van der Waals surface area (Å²) in [6, 6.07) is 12.6. The van der Waals surface area contributed by atoms with E-state index in [-0.39, 0.29) is 11.5 Å². The molecule has 2 unspecified atom stereocenters. The maximum absolute atomic E-state index is 13.0. The molecule has 2 aliphatic carbocycles. The van der Waals surface area contributed by atoms with Gasteiger partial charge >= 0.3 is 5.97 Å². The van der Waals surface area contributed by atoms with Gasteiger partial charge in [-0.3, -0.25) is 0 Å². The predicted octanol–water partition coefficient (Wildman–Crippen LogP) is 6.52. The van der Waals surface area contributed by atoms with Gasteiger partial charge in [0.15, 0.2) is 0 Å². The van der Waals surface area contributed by atoms with Crippen molar-refractivity contribution in [1.29, 1.82) is 0 Å². The van der Waals surface area contributed by atoms with Crippen molar-refractivity contribution < 1.29 is 14.3 Å². The number of rotatable bonds is 3. The maximum atomic E-state index is 13.0. The van der Waals surface area contributed by atoms with Crippen molar-refractivity contribution in [3.63, 3.8) is 0 Å². The van der Waals surface area contributed by atoms with E-state index in [4.69, 9.17) is 15.2 Å². The van der Waals surface area contributed by atoms with Gasteiger partial charge in [-0.15, -0.1) is 0 Å². The van der Waals surface area contributed by atoms with E-state index in [0.717, 1.165) is 24.2 Å². The van der Waals surface area contributed by atoms with Crippen LogP contribution in [0.5, 0.6) is 5.75 Å². The monoisotopic (exact) mass is 472 g/mol. The van der Waals surface area contributed by atoms with E-state index in [2.05, 4.69) is 28.8 Å². The molecule has 3 aliphatic rings. The van der Waals surface area contributed by atoms with E-state index >= 15 is 0 Å². The second kappa shape index (κ2) is 7.86. The Balaban J connectivity index is 1.60. The van der Waals surface area contributed by atoms with E-state index in [9.17, 15) is 4.79 Å². The lowest BCUT2D eigenvalue weighted by Gasteiger charge is -2.24. The Hall–Kier alpha value is -2.79. The fourth-order valence-electron chi connectivity index (χ4n) is 6.48. The quantitative estimate of drug-likeness (QED) is 0.441. The van der Waals surface area contributed by atoms with E-state index in [1.807, 2.05) is 32.9 Å². The first-order valence-electron chi connectivity index (χ1n) is 13.1. The van der Waals surface area contributed by atoms with E-state index in [1.54, 1.807) is 7.11 Å². The first-order chi connectivity index (χ1) is 16.7. The number of hydrogen-bond donors (Lipinski definition) is 1. The summed E-state index contributed by atoms with van der Waals surface area (Å²) in [5.41, 5.74) is 13.2. The average Bonchev–Trinajstić information content (AvgIpc) is 3.42. The summed E-state index contributed by atoms with van der Waals surface area (Å²) in [4.78, 5) is 13.0. The fourth-order valence-corrected chi connectivity index (χ4v) is 6.48. The largest absolute Gasteiger partial charge is 0.497 e. The molecular formula is C30H36N2O3. The molecule has 0 radical (unpaired) electrons. The van der Waals surface area contributed by atoms with Crippen molar-refractivity contribution in [2.45, 2.75) is 88.8 Å². The minimum Gasteiger partial charge on any atom is -0.497 e. The molecule has 0 spiro atoms. The molecule has 0 amide bonds. The van der Waals surface area contributed by atoms with Crippen molar-refractivity contribution in [3.8, 4) is 17.0 Å². The van der Waals surface area contributed by atoms with Crippen LogP contribution in [0, 0.1) is 0 Å². The number of ether oxygens (including phenoxy) is 2. The number of methoxy groups -OCH3 is 1. The zero-order valence-electron chi connectivity index (χ0n) is 21.3. The topological polar surface area (TPSA) is 66.5 Å². The molecule has 2 fully saturated rings. The number of benzene rings is 2. The second-order valence-corrected chi connectivity index (χ2v) is 11.9. The number of hydrogen-bond acceptors (Lipinski definition) is 4. The summed E-state index contributed by atoms with van der Waals surface area (Å²) >= 11 is 0. The number of nitrogens with two attached hydrogens (primary N) is 1. The summed E-state index contributed by atoms with van der Waals surface area (Å²) in [6.07, 6.45) is 7.24. The molecule has 1 aliphatic heterocycles. The Morgan fingerprint density at radius 3 is 2.57 bits per heavy atom. The molecule has 2 N–H and O–H groups in total. The van der Waals surface area contributed by atoms with Gasteiger partial charge in [0.2, 0.25) is 0 Å². The molecule has 3 aromatic rings. The molecule has 35 heavy (non-hydrogen) atoms. The van der Waals surface area contributed by atoms with Gasteiger partial charge in [-0.1, -0.05) is 25.3 Å². The van der Waals surface area contributed by atoms with Gasteiger partial charge in [0, 0.05) is 34.5 Å². The van der Waals surface area contributed by atoms with Crippen LogP contribution in [0.4, 0.5) is 0 Å². The number of nitrogens with zero attached hydrogens (tertiary/aromatic N) is 1. The van der Waals surface area contributed by atoms with Gasteiger partial charge in [0.1, 0.15) is 11.4 Å². The normalized spacial score (nSPS) is 23.7. The zero-order chi connectivity index (χ0) is 24.5. The van der Waals surface area contributed by atoms with E-state index in [0.29, 0.717) is 17.4 Å². The number of fused-ring (bicyclic) bond motifs is 7. The Labute approximate surface area is 207 Å². The number of esters is 1. The molecule has 2 atom stereocenters. The minimum absolute atomic E-state index is 0.274. The summed E-state index contributed by atoms with van der Waals surface area (Å²) in [5.74, 6) is 1.46. The van der Waals surface area contributed by atoms with E-state index < -0.39 is 5.60 Å². The van der Waals surface area contributed by atoms with Crippen molar-refractivity contribution in [1.82, 2.24) is 4.57 Å². The number of carbonyl (C=O) groups excluding carboxylic acids is 1. The van der Waals surface area contributed by atoms with Crippen LogP contribution in [0.15, 0.2) is 36.4 Å². The van der Waals surface area contributed by atoms with Gasteiger partial charge in [0.25, 0.3) is 0 Å². The third-order valence-corrected chi connectivity index (χ3v) is 8.21. The smallest absolute Gasteiger partial charge is 0.338 e. The molecular weight excluding hydrogens is 436 g/mol. The van der Waals surface area contributed by atoms with Crippen molar-refractivity contribution in [2.75, 3.05) is 7.11 Å². The number of carbonyl (C=O) groups is 1. The van der Waals surface area contributed by atoms with Crippen molar-refractivity contribution >= 4 is 16.9 Å². The number of aromatic nitrogens is 1. The summed E-state index contributed by atoms with van der Waals surface area (Å²) in [7, 11) is 1.73.